The predicted octanol–water partition coefficient (Wildman–Crippen LogP) is 3.24. The molecule has 90 valence electrons. The number of rotatable bonds is 3. The highest BCUT2D eigenvalue weighted by Crippen LogP contribution is 2.27. The second kappa shape index (κ2) is 4.62. The van der Waals surface area contributed by atoms with Crippen LogP contribution in [0.2, 0.25) is 0 Å². The molecule has 0 bridgehead atoms. The molecule has 5 heteroatoms. The highest BCUT2D eigenvalue weighted by molar-refractivity contribution is 7.13. The number of nitrogens with one attached hydrogen (secondary N) is 2. The number of aromatic nitrogens is 3. The van der Waals surface area contributed by atoms with Crippen molar-refractivity contribution < 1.29 is 0 Å². The number of hydrogen-bond donors (Lipinski definition) is 2. The molecule has 0 aliphatic rings. The molecule has 18 heavy (non-hydrogen) atoms. The second-order valence-electron chi connectivity index (χ2n) is 3.78. The van der Waals surface area contributed by atoms with E-state index in [2.05, 4.69) is 20.5 Å². The average Bonchev–Trinajstić information content (AvgIpc) is 3.09. The first-order chi connectivity index (χ1) is 8.88. The van der Waals surface area contributed by atoms with Gasteiger partial charge in [0.15, 0.2) is 11.6 Å². The molecule has 0 fully saturated rings. The molecule has 0 aliphatic carbocycles. The number of thiophene rings is 1. The molecule has 0 radical (unpaired) electrons. The molecule has 2 aromatic heterocycles. The van der Waals surface area contributed by atoms with Crippen LogP contribution in [0.4, 0.5) is 5.69 Å². The van der Waals surface area contributed by atoms with Crippen LogP contribution < -0.4 is 5.32 Å². The fraction of sp³-hybridized carbons (Fsp3) is 0.0769. The van der Waals surface area contributed by atoms with Crippen molar-refractivity contribution in [2.45, 2.75) is 0 Å². The fourth-order valence-corrected chi connectivity index (χ4v) is 2.47. The second-order valence-corrected chi connectivity index (χ2v) is 4.73. The number of hydrogen-bond acceptors (Lipinski definition) is 4. The van der Waals surface area contributed by atoms with E-state index in [-0.39, 0.29) is 0 Å². The number of aromatic amines is 1. The third-order valence-electron chi connectivity index (χ3n) is 2.68. The molecule has 0 amide bonds. The molecule has 0 unspecified atom stereocenters. The first kappa shape index (κ1) is 11.0. The summed E-state index contributed by atoms with van der Waals surface area (Å²) in [5.41, 5.74) is 2.02. The Morgan fingerprint density at radius 2 is 2.06 bits per heavy atom. The number of nitrogens with zero attached hydrogens (tertiary/aromatic N) is 2. The van der Waals surface area contributed by atoms with Crippen molar-refractivity contribution in [1.82, 2.24) is 15.2 Å². The molecule has 1 aromatic carbocycles. The Hall–Kier alpha value is -2.14. The van der Waals surface area contributed by atoms with Crippen molar-refractivity contribution in [3.8, 4) is 22.1 Å². The molecule has 0 spiro atoms. The van der Waals surface area contributed by atoms with Crippen molar-refractivity contribution in [3.05, 3.63) is 41.8 Å². The summed E-state index contributed by atoms with van der Waals surface area (Å²) in [5.74, 6) is 1.52. The van der Waals surface area contributed by atoms with E-state index in [1.807, 2.05) is 48.8 Å². The van der Waals surface area contributed by atoms with E-state index >= 15 is 0 Å². The number of anilines is 1. The lowest BCUT2D eigenvalue weighted by Crippen LogP contribution is -1.92. The third-order valence-corrected chi connectivity index (χ3v) is 3.55. The van der Waals surface area contributed by atoms with Gasteiger partial charge in [-0.15, -0.1) is 11.3 Å². The molecular formula is C13H12N4S. The van der Waals surface area contributed by atoms with Gasteiger partial charge in [-0.05, 0) is 23.6 Å². The fourth-order valence-electron chi connectivity index (χ4n) is 1.80. The van der Waals surface area contributed by atoms with Gasteiger partial charge in [-0.25, -0.2) is 4.98 Å². The van der Waals surface area contributed by atoms with Crippen LogP contribution in [0, 0.1) is 0 Å². The van der Waals surface area contributed by atoms with Crippen LogP contribution in [0.1, 0.15) is 0 Å². The summed E-state index contributed by atoms with van der Waals surface area (Å²) in [6, 6.07) is 12.0. The molecular weight excluding hydrogens is 244 g/mol. The van der Waals surface area contributed by atoms with Crippen molar-refractivity contribution >= 4 is 17.0 Å². The Morgan fingerprint density at radius 3 is 2.83 bits per heavy atom. The highest BCUT2D eigenvalue weighted by Gasteiger charge is 2.10. The maximum atomic E-state index is 4.54. The van der Waals surface area contributed by atoms with E-state index in [0.717, 1.165) is 22.0 Å². The van der Waals surface area contributed by atoms with Crippen LogP contribution in [-0.2, 0) is 0 Å². The maximum Gasteiger partial charge on any atom is 0.183 e. The maximum absolute atomic E-state index is 4.54. The van der Waals surface area contributed by atoms with E-state index in [4.69, 9.17) is 0 Å². The minimum Gasteiger partial charge on any atom is -0.388 e. The monoisotopic (exact) mass is 256 g/mol. The van der Waals surface area contributed by atoms with Gasteiger partial charge in [-0.2, -0.15) is 5.10 Å². The van der Waals surface area contributed by atoms with Gasteiger partial charge >= 0.3 is 0 Å². The van der Waals surface area contributed by atoms with Crippen molar-refractivity contribution in [3.63, 3.8) is 0 Å². The zero-order valence-electron chi connectivity index (χ0n) is 9.84. The van der Waals surface area contributed by atoms with E-state index in [9.17, 15) is 0 Å². The van der Waals surface area contributed by atoms with Crippen molar-refractivity contribution in [2.24, 2.45) is 0 Å². The molecule has 4 nitrogen and oxygen atoms in total. The van der Waals surface area contributed by atoms with Crippen LogP contribution in [0.15, 0.2) is 41.8 Å². The Kier molecular flexibility index (Phi) is 2.82. The molecule has 0 atom stereocenters. The van der Waals surface area contributed by atoms with Gasteiger partial charge in [0.25, 0.3) is 0 Å². The smallest absolute Gasteiger partial charge is 0.183 e. The van der Waals surface area contributed by atoms with Crippen LogP contribution in [0.5, 0.6) is 0 Å². The largest absolute Gasteiger partial charge is 0.388 e. The van der Waals surface area contributed by atoms with Crippen LogP contribution >= 0.6 is 11.3 Å². The summed E-state index contributed by atoms with van der Waals surface area (Å²) in [5, 5.41) is 12.4. The zero-order chi connectivity index (χ0) is 12.4. The van der Waals surface area contributed by atoms with E-state index < -0.39 is 0 Å². The van der Waals surface area contributed by atoms with Gasteiger partial charge in [0.1, 0.15) is 0 Å². The normalized spacial score (nSPS) is 10.5. The topological polar surface area (TPSA) is 53.6 Å². The average molecular weight is 256 g/mol. The summed E-state index contributed by atoms with van der Waals surface area (Å²) in [6.07, 6.45) is 0. The van der Waals surface area contributed by atoms with Gasteiger partial charge in [-0.3, -0.25) is 5.10 Å². The standard InChI is InChI=1S/C13H12N4S/c1-14-10-6-3-2-5-9(10)12-15-13(17-16-12)11-7-4-8-18-11/h2-8,14H,1H3,(H,15,16,17). The Morgan fingerprint density at radius 1 is 1.17 bits per heavy atom. The van der Waals surface area contributed by atoms with Crippen molar-refractivity contribution in [1.29, 1.82) is 0 Å². The summed E-state index contributed by atoms with van der Waals surface area (Å²) >= 11 is 1.65. The third kappa shape index (κ3) is 1.89. The summed E-state index contributed by atoms with van der Waals surface area (Å²) < 4.78 is 0. The first-order valence-electron chi connectivity index (χ1n) is 5.62. The predicted molar refractivity (Wildman–Crippen MR) is 74.7 cm³/mol. The summed E-state index contributed by atoms with van der Waals surface area (Å²) in [6.45, 7) is 0. The molecule has 0 aliphatic heterocycles. The highest BCUT2D eigenvalue weighted by atomic mass is 32.1. The SMILES string of the molecule is CNc1ccccc1-c1n[nH]c(-c2cccs2)n1. The van der Waals surface area contributed by atoms with Gasteiger partial charge in [0.2, 0.25) is 0 Å². The van der Waals surface area contributed by atoms with Gasteiger partial charge in [0, 0.05) is 18.3 Å². The molecule has 3 rings (SSSR count). The molecule has 0 saturated heterocycles. The van der Waals surface area contributed by atoms with E-state index in [0.29, 0.717) is 5.82 Å². The minimum atomic E-state index is 0.711. The van der Waals surface area contributed by atoms with E-state index in [1.54, 1.807) is 11.3 Å². The lowest BCUT2D eigenvalue weighted by Gasteiger charge is -2.04. The van der Waals surface area contributed by atoms with Crippen LogP contribution in [-0.4, -0.2) is 22.2 Å². The lowest BCUT2D eigenvalue weighted by molar-refractivity contribution is 1.10. The molecule has 2 heterocycles. The summed E-state index contributed by atoms with van der Waals surface area (Å²) in [4.78, 5) is 5.63. The molecule has 2 N–H and O–H groups in total. The van der Waals surface area contributed by atoms with Crippen LogP contribution in [0.3, 0.4) is 0 Å². The van der Waals surface area contributed by atoms with Crippen molar-refractivity contribution in [2.75, 3.05) is 12.4 Å². The van der Waals surface area contributed by atoms with Gasteiger partial charge in [-0.1, -0.05) is 18.2 Å². The minimum absolute atomic E-state index is 0.711. The Labute approximate surface area is 109 Å². The Bertz CT molecular complexity index is 643. The number of benzene rings is 1. The van der Waals surface area contributed by atoms with Gasteiger partial charge < -0.3 is 5.32 Å². The molecule has 0 saturated carbocycles. The quantitative estimate of drug-likeness (QED) is 0.756. The van der Waals surface area contributed by atoms with Gasteiger partial charge in [0.05, 0.1) is 4.88 Å². The Balaban J connectivity index is 2.03. The summed E-state index contributed by atoms with van der Waals surface area (Å²) in [7, 11) is 1.89. The molecule has 3 aromatic rings. The van der Waals surface area contributed by atoms with Crippen LogP contribution in [0.25, 0.3) is 22.1 Å². The number of para-hydroxylation sites is 1. The zero-order valence-corrected chi connectivity index (χ0v) is 10.7. The lowest BCUT2D eigenvalue weighted by atomic mass is 10.1. The number of H-pyrrole nitrogens is 1. The first-order valence-corrected chi connectivity index (χ1v) is 6.50. The van der Waals surface area contributed by atoms with E-state index in [1.165, 1.54) is 0 Å².